The highest BCUT2D eigenvalue weighted by molar-refractivity contribution is 5.89. The Morgan fingerprint density at radius 1 is 1.30 bits per heavy atom. The van der Waals surface area contributed by atoms with E-state index in [0.29, 0.717) is 12.0 Å². The molecule has 1 heterocycles. The van der Waals surface area contributed by atoms with Gasteiger partial charge in [-0.2, -0.15) is 4.98 Å². The quantitative estimate of drug-likeness (QED) is 0.845. The second-order valence-corrected chi connectivity index (χ2v) is 5.11. The van der Waals surface area contributed by atoms with Crippen molar-refractivity contribution in [2.45, 2.75) is 26.3 Å². The fourth-order valence-electron chi connectivity index (χ4n) is 2.11. The zero-order chi connectivity index (χ0) is 14.5. The van der Waals surface area contributed by atoms with E-state index < -0.39 is 0 Å². The highest BCUT2D eigenvalue weighted by Gasteiger charge is 2.08. The molecule has 0 spiro atoms. The van der Waals surface area contributed by atoms with Gasteiger partial charge < -0.3 is 16.0 Å². The number of nitrogen functional groups attached to an aromatic ring is 1. The van der Waals surface area contributed by atoms with Gasteiger partial charge in [-0.3, -0.25) is 0 Å². The van der Waals surface area contributed by atoms with Gasteiger partial charge in [0, 0.05) is 24.5 Å². The van der Waals surface area contributed by atoms with Crippen LogP contribution < -0.4 is 11.1 Å². The van der Waals surface area contributed by atoms with Gasteiger partial charge >= 0.3 is 0 Å². The number of nitrogens with two attached hydrogens (primary N) is 1. The summed E-state index contributed by atoms with van der Waals surface area (Å²) in [7, 11) is 2.14. The summed E-state index contributed by atoms with van der Waals surface area (Å²) in [6.07, 6.45) is 1.15. The predicted octanol–water partition coefficient (Wildman–Crippen LogP) is 2.35. The maximum Gasteiger partial charge on any atom is 0.222 e. The van der Waals surface area contributed by atoms with E-state index >= 15 is 0 Å². The molecule has 0 aliphatic heterocycles. The highest BCUT2D eigenvalue weighted by Crippen LogP contribution is 2.20. The van der Waals surface area contributed by atoms with Gasteiger partial charge in [0.25, 0.3) is 0 Å². The minimum absolute atomic E-state index is 0.307. The molecule has 0 bridgehead atoms. The lowest BCUT2D eigenvalue weighted by molar-refractivity contribution is 0.261. The van der Waals surface area contributed by atoms with E-state index in [0.717, 1.165) is 36.2 Å². The molecule has 5 nitrogen and oxygen atoms in total. The van der Waals surface area contributed by atoms with Crippen molar-refractivity contribution in [2.75, 3.05) is 31.2 Å². The molecular formula is C15H23N5. The number of rotatable bonds is 6. The van der Waals surface area contributed by atoms with Gasteiger partial charge in [0.15, 0.2) is 0 Å². The van der Waals surface area contributed by atoms with Crippen LogP contribution in [0.15, 0.2) is 24.3 Å². The molecule has 5 heteroatoms. The van der Waals surface area contributed by atoms with Gasteiger partial charge in [-0.25, -0.2) is 4.98 Å². The summed E-state index contributed by atoms with van der Waals surface area (Å²) < 4.78 is 0. The molecular weight excluding hydrogens is 250 g/mol. The highest BCUT2D eigenvalue weighted by atomic mass is 15.2. The summed E-state index contributed by atoms with van der Waals surface area (Å²) in [4.78, 5) is 10.9. The Morgan fingerprint density at radius 2 is 2.05 bits per heavy atom. The average Bonchev–Trinajstić information content (AvgIpc) is 2.45. The van der Waals surface area contributed by atoms with Crippen LogP contribution in [0.25, 0.3) is 10.9 Å². The molecule has 1 atom stereocenters. The molecule has 1 unspecified atom stereocenters. The molecule has 0 aliphatic carbocycles. The van der Waals surface area contributed by atoms with Crippen LogP contribution in [0.3, 0.4) is 0 Å². The number of hydrogen-bond donors (Lipinski definition) is 2. The molecule has 0 radical (unpaired) electrons. The largest absolute Gasteiger partial charge is 0.368 e. The van der Waals surface area contributed by atoms with E-state index in [1.54, 1.807) is 0 Å². The van der Waals surface area contributed by atoms with E-state index in [4.69, 9.17) is 5.73 Å². The standard InChI is InChI=1S/C15H23N5/c1-4-11(2)20(3)10-9-17-14-12-7-5-6-8-13(12)18-15(16)19-14/h5-8,11H,4,9-10H2,1-3H3,(H3,16,17,18,19). The minimum atomic E-state index is 0.307. The fraction of sp³-hybridized carbons (Fsp3) is 0.467. The van der Waals surface area contributed by atoms with Crippen LogP contribution in [0, 0.1) is 0 Å². The van der Waals surface area contributed by atoms with E-state index in [1.165, 1.54) is 0 Å². The Bertz CT molecular complexity index is 569. The van der Waals surface area contributed by atoms with Gasteiger partial charge in [0.2, 0.25) is 5.95 Å². The number of hydrogen-bond acceptors (Lipinski definition) is 5. The van der Waals surface area contributed by atoms with Crippen LogP contribution in [0.4, 0.5) is 11.8 Å². The molecule has 0 aliphatic rings. The lowest BCUT2D eigenvalue weighted by Crippen LogP contribution is -2.32. The SMILES string of the molecule is CCC(C)N(C)CCNc1nc(N)nc2ccccc12. The maximum absolute atomic E-state index is 5.75. The van der Waals surface area contributed by atoms with Crippen LogP contribution >= 0.6 is 0 Å². The van der Waals surface area contributed by atoms with Crippen LogP contribution in [-0.2, 0) is 0 Å². The summed E-state index contributed by atoms with van der Waals surface area (Å²) in [5.74, 6) is 1.12. The third kappa shape index (κ3) is 3.36. The van der Waals surface area contributed by atoms with Crippen molar-refractivity contribution in [1.29, 1.82) is 0 Å². The van der Waals surface area contributed by atoms with Crippen LogP contribution in [-0.4, -0.2) is 41.0 Å². The Morgan fingerprint density at radius 3 is 2.80 bits per heavy atom. The van der Waals surface area contributed by atoms with Crippen molar-refractivity contribution in [2.24, 2.45) is 0 Å². The monoisotopic (exact) mass is 273 g/mol. The van der Waals surface area contributed by atoms with Gasteiger partial charge in [-0.1, -0.05) is 19.1 Å². The normalized spacial score (nSPS) is 12.8. The van der Waals surface area contributed by atoms with Crippen molar-refractivity contribution >= 4 is 22.7 Å². The first-order chi connectivity index (χ1) is 9.61. The second-order valence-electron chi connectivity index (χ2n) is 5.11. The summed E-state index contributed by atoms with van der Waals surface area (Å²) in [5, 5.41) is 4.37. The van der Waals surface area contributed by atoms with E-state index in [9.17, 15) is 0 Å². The molecule has 2 rings (SSSR count). The molecule has 1 aromatic heterocycles. The van der Waals surface area contributed by atoms with Gasteiger partial charge in [-0.15, -0.1) is 0 Å². The lowest BCUT2D eigenvalue weighted by atomic mass is 10.2. The zero-order valence-corrected chi connectivity index (χ0v) is 12.4. The minimum Gasteiger partial charge on any atom is -0.368 e. The topological polar surface area (TPSA) is 67.1 Å². The zero-order valence-electron chi connectivity index (χ0n) is 12.4. The first-order valence-electron chi connectivity index (χ1n) is 7.08. The summed E-state index contributed by atoms with van der Waals surface area (Å²) in [5.41, 5.74) is 6.63. The maximum atomic E-state index is 5.75. The van der Waals surface area contributed by atoms with Crippen molar-refractivity contribution in [1.82, 2.24) is 14.9 Å². The lowest BCUT2D eigenvalue weighted by Gasteiger charge is -2.23. The van der Waals surface area contributed by atoms with Gasteiger partial charge in [-0.05, 0) is 32.5 Å². The Hall–Kier alpha value is -1.88. The molecule has 1 aromatic carbocycles. The third-order valence-electron chi connectivity index (χ3n) is 3.72. The average molecular weight is 273 g/mol. The number of fused-ring (bicyclic) bond motifs is 1. The van der Waals surface area contributed by atoms with Crippen LogP contribution in [0.1, 0.15) is 20.3 Å². The Balaban J connectivity index is 2.06. The van der Waals surface area contributed by atoms with E-state index in [2.05, 4.69) is 41.1 Å². The summed E-state index contributed by atoms with van der Waals surface area (Å²) in [6, 6.07) is 8.48. The molecule has 2 aromatic rings. The molecule has 0 amide bonds. The number of nitrogens with one attached hydrogen (secondary N) is 1. The predicted molar refractivity (Wildman–Crippen MR) is 84.8 cm³/mol. The van der Waals surface area contributed by atoms with Crippen molar-refractivity contribution in [3.8, 4) is 0 Å². The molecule has 0 saturated carbocycles. The summed E-state index contributed by atoms with van der Waals surface area (Å²) >= 11 is 0. The first-order valence-corrected chi connectivity index (χ1v) is 7.08. The van der Waals surface area contributed by atoms with Crippen molar-refractivity contribution in [3.05, 3.63) is 24.3 Å². The number of para-hydroxylation sites is 1. The van der Waals surface area contributed by atoms with E-state index in [-0.39, 0.29) is 0 Å². The fourth-order valence-corrected chi connectivity index (χ4v) is 2.11. The molecule has 20 heavy (non-hydrogen) atoms. The first kappa shape index (κ1) is 14.5. The second kappa shape index (κ2) is 6.52. The van der Waals surface area contributed by atoms with Crippen LogP contribution in [0.5, 0.6) is 0 Å². The third-order valence-corrected chi connectivity index (χ3v) is 3.72. The van der Waals surface area contributed by atoms with Crippen LogP contribution in [0.2, 0.25) is 0 Å². The van der Waals surface area contributed by atoms with Gasteiger partial charge in [0.05, 0.1) is 5.52 Å². The van der Waals surface area contributed by atoms with Crippen molar-refractivity contribution < 1.29 is 0 Å². The number of likely N-dealkylation sites (N-methyl/N-ethyl adjacent to an activating group) is 1. The Labute approximate surface area is 120 Å². The molecule has 0 fully saturated rings. The van der Waals surface area contributed by atoms with E-state index in [1.807, 2.05) is 24.3 Å². The van der Waals surface area contributed by atoms with Gasteiger partial charge in [0.1, 0.15) is 5.82 Å². The summed E-state index contributed by atoms with van der Waals surface area (Å²) in [6.45, 7) is 6.24. The number of benzene rings is 1. The smallest absolute Gasteiger partial charge is 0.222 e. The van der Waals surface area contributed by atoms with Crippen molar-refractivity contribution in [3.63, 3.8) is 0 Å². The number of nitrogens with zero attached hydrogens (tertiary/aromatic N) is 3. The molecule has 0 saturated heterocycles. The number of aromatic nitrogens is 2. The number of anilines is 2. The molecule has 3 N–H and O–H groups in total. The molecule has 108 valence electrons. The Kier molecular flexibility index (Phi) is 4.74.